The average molecular weight is 999 g/mol. The molecule has 7 rings (SSSR count). The number of aryl methyl sites for hydroxylation is 1. The molecule has 0 spiro atoms. The molecular formula is C58H78N8O7. The molecule has 2 aromatic heterocycles. The smallest absolute Gasteiger partial charge is 0.302 e. The lowest BCUT2D eigenvalue weighted by molar-refractivity contribution is -0.146. The lowest BCUT2D eigenvalue weighted by Crippen LogP contribution is -2.59. The third kappa shape index (κ3) is 12.3. The van der Waals surface area contributed by atoms with Crippen LogP contribution in [0.25, 0.3) is 33.3 Å². The number of fused-ring (bicyclic) bond motifs is 1. The van der Waals surface area contributed by atoms with Crippen molar-refractivity contribution in [3.8, 4) is 34.2 Å². The van der Waals surface area contributed by atoms with Crippen LogP contribution < -0.4 is 10.7 Å². The summed E-state index contributed by atoms with van der Waals surface area (Å²) in [7, 11) is 7.32. The number of nitrogens with zero attached hydrogens (tertiary/aromatic N) is 6. The van der Waals surface area contributed by atoms with Crippen molar-refractivity contribution in [3.05, 3.63) is 77.6 Å². The number of pyridine rings is 1. The first-order chi connectivity index (χ1) is 34.8. The van der Waals surface area contributed by atoms with Crippen molar-refractivity contribution in [1.82, 2.24) is 40.0 Å². The van der Waals surface area contributed by atoms with Crippen molar-refractivity contribution in [2.75, 3.05) is 61.0 Å². The van der Waals surface area contributed by atoms with Gasteiger partial charge in [-0.05, 0) is 131 Å². The second kappa shape index (κ2) is 23.4. The first kappa shape index (κ1) is 54.7. The van der Waals surface area contributed by atoms with Gasteiger partial charge >= 0.3 is 5.97 Å². The summed E-state index contributed by atoms with van der Waals surface area (Å²) in [6.07, 6.45) is 7.55. The van der Waals surface area contributed by atoms with Crippen LogP contribution in [0.15, 0.2) is 60.8 Å². The first-order valence-electron chi connectivity index (χ1n) is 26.2. The molecule has 1 aliphatic carbocycles. The molecule has 1 saturated carbocycles. The molecule has 2 saturated heterocycles. The number of benzene rings is 2. The van der Waals surface area contributed by atoms with Gasteiger partial charge in [-0.25, -0.2) is 5.43 Å². The summed E-state index contributed by atoms with van der Waals surface area (Å²) >= 11 is 0. The zero-order valence-corrected chi connectivity index (χ0v) is 45.1. The number of amides is 4. The second-order valence-electron chi connectivity index (χ2n) is 21.7. The van der Waals surface area contributed by atoms with E-state index in [-0.39, 0.29) is 60.8 Å². The highest BCUT2D eigenvalue weighted by Gasteiger charge is 2.41. The molecule has 4 amide bonds. The van der Waals surface area contributed by atoms with Gasteiger partial charge in [-0.2, -0.15) is 0 Å². The lowest BCUT2D eigenvalue weighted by atomic mass is 9.76. The number of hydrazine groups is 1. The molecule has 392 valence electrons. The van der Waals surface area contributed by atoms with E-state index in [2.05, 4.69) is 89.2 Å². The fourth-order valence-corrected chi connectivity index (χ4v) is 10.9. The Balaban J connectivity index is 1.17. The highest BCUT2D eigenvalue weighted by molar-refractivity contribution is 5.97. The first-order valence-corrected chi connectivity index (χ1v) is 26.2. The van der Waals surface area contributed by atoms with Crippen LogP contribution in [0.2, 0.25) is 0 Å². The summed E-state index contributed by atoms with van der Waals surface area (Å²) in [5.74, 6) is 3.88. The lowest BCUT2D eigenvalue weighted by Gasteiger charge is -2.42. The Hall–Kier alpha value is -6.08. The maximum absolute atomic E-state index is 14.6. The number of carbonyl (C=O) groups is 5. The molecule has 15 heteroatoms. The van der Waals surface area contributed by atoms with E-state index in [1.807, 2.05) is 53.1 Å². The number of aromatic nitrogens is 2. The molecule has 3 fully saturated rings. The maximum atomic E-state index is 14.6. The minimum Gasteiger partial charge on any atom is -0.465 e. The van der Waals surface area contributed by atoms with Gasteiger partial charge in [0.05, 0.1) is 35.6 Å². The molecule has 3 aliphatic rings. The molecule has 0 unspecified atom stereocenters. The number of likely N-dealkylation sites (N-methyl/N-ethyl adjacent to an activating group) is 1. The number of carbonyl (C=O) groups excluding carboxylic acids is 5. The van der Waals surface area contributed by atoms with Gasteiger partial charge in [0.15, 0.2) is 0 Å². The number of rotatable bonds is 18. The fraction of sp³-hybridized carbons (Fsp3) is 0.552. The van der Waals surface area contributed by atoms with E-state index in [0.29, 0.717) is 39.0 Å². The monoisotopic (exact) mass is 999 g/mol. The third-order valence-corrected chi connectivity index (χ3v) is 15.3. The molecule has 15 nitrogen and oxygen atoms in total. The van der Waals surface area contributed by atoms with Crippen LogP contribution in [-0.4, -0.2) is 138 Å². The van der Waals surface area contributed by atoms with Crippen LogP contribution in [0.3, 0.4) is 0 Å². The molecule has 2 aromatic carbocycles. The molecule has 4 atom stereocenters. The molecule has 4 aromatic rings. The fourth-order valence-electron chi connectivity index (χ4n) is 10.9. The predicted molar refractivity (Wildman–Crippen MR) is 285 cm³/mol. The van der Waals surface area contributed by atoms with Crippen molar-refractivity contribution in [2.24, 2.45) is 17.3 Å². The number of likely N-dealkylation sites (tertiary alicyclic amines) is 1. The van der Waals surface area contributed by atoms with E-state index in [9.17, 15) is 24.0 Å². The second-order valence-corrected chi connectivity index (χ2v) is 21.7. The molecule has 0 bridgehead atoms. The largest absolute Gasteiger partial charge is 0.465 e. The number of hydrogen-bond donors (Lipinski definition) is 2. The number of hydrogen-bond acceptors (Lipinski definition) is 10. The molecule has 4 heterocycles. The topological polar surface area (TPSA) is 159 Å². The van der Waals surface area contributed by atoms with E-state index in [1.54, 1.807) is 30.3 Å². The van der Waals surface area contributed by atoms with Crippen LogP contribution in [-0.2, 0) is 52.8 Å². The van der Waals surface area contributed by atoms with Crippen molar-refractivity contribution in [3.63, 3.8) is 0 Å². The Kier molecular flexibility index (Phi) is 17.5. The Bertz CT molecular complexity index is 2720. The van der Waals surface area contributed by atoms with E-state index < -0.39 is 29.3 Å². The normalized spacial score (nSPS) is 17.9. The van der Waals surface area contributed by atoms with Crippen LogP contribution in [0.4, 0.5) is 0 Å². The standard InChI is InChI=1S/C58H78N8O7/c1-12-65-49-22-21-43(34-46(49)47(35-57(6,7)37-73-40(5)67)53(65)45-20-16-28-59-51(45)39(4)72-11)42-19-15-18-41(32-42)33-48(56(71)66-30-14-13-29-60-66)61-54(69)52(38(2)3)63(10)55(70)44-24-31-64(36-44)50(68)23-27-58(62(8)9)25-17-26-58/h15-16,18-22,28,32,34,38-39,44,48,52,60H,12-14,17,24-26,29-31,33,35-37H2,1-11H3,(H,61,69)/t39-,44-,48-,52-/m0/s1. The molecule has 73 heavy (non-hydrogen) atoms. The quantitative estimate of drug-likeness (QED) is 0.0772. The summed E-state index contributed by atoms with van der Waals surface area (Å²) in [4.78, 5) is 78.6. The van der Waals surface area contributed by atoms with E-state index in [0.717, 1.165) is 82.2 Å². The summed E-state index contributed by atoms with van der Waals surface area (Å²) in [6.45, 7) is 16.4. The molecular weight excluding hydrogens is 921 g/mol. The SMILES string of the molecule is CCn1c(-c2cccnc2[C@H](C)OC)c(CC(C)(C)COC(C)=O)c2cc(-c3cccc(C[C@H](NC(=O)[C@H](C(C)C)N(C)C(=O)[C@H]4CCN(C(=O)C#CC5(N(C)C)CCC5)C4)C(=O)N4CCCCN4)c3)ccc21. The van der Waals surface area contributed by atoms with Crippen LogP contribution in [0, 0.1) is 29.1 Å². The van der Waals surface area contributed by atoms with Gasteiger partial charge in [-0.15, -0.1) is 0 Å². The van der Waals surface area contributed by atoms with Gasteiger partial charge in [0, 0.05) is 88.3 Å². The van der Waals surface area contributed by atoms with Crippen molar-refractivity contribution >= 4 is 40.5 Å². The molecule has 2 N–H and O–H groups in total. The summed E-state index contributed by atoms with van der Waals surface area (Å²) in [6, 6.07) is 16.9. The minimum atomic E-state index is -0.935. The van der Waals surface area contributed by atoms with Crippen molar-refractivity contribution in [2.45, 2.75) is 130 Å². The van der Waals surface area contributed by atoms with E-state index in [1.165, 1.54) is 11.8 Å². The van der Waals surface area contributed by atoms with Gasteiger partial charge in [0.2, 0.25) is 11.8 Å². The maximum Gasteiger partial charge on any atom is 0.302 e. The van der Waals surface area contributed by atoms with Gasteiger partial charge in [-0.1, -0.05) is 63.9 Å². The Morgan fingerprint density at radius 2 is 1.73 bits per heavy atom. The number of ether oxygens (including phenoxy) is 2. The van der Waals surface area contributed by atoms with Gasteiger partial charge < -0.3 is 29.2 Å². The van der Waals surface area contributed by atoms with E-state index in [4.69, 9.17) is 14.5 Å². The predicted octanol–water partition coefficient (Wildman–Crippen LogP) is 7.20. The molecule has 2 aliphatic heterocycles. The van der Waals surface area contributed by atoms with Gasteiger partial charge in [0.1, 0.15) is 12.1 Å². The number of methoxy groups -OCH3 is 1. The van der Waals surface area contributed by atoms with Crippen LogP contribution in [0.5, 0.6) is 0 Å². The van der Waals surface area contributed by atoms with Crippen molar-refractivity contribution in [1.29, 1.82) is 0 Å². The highest BCUT2D eigenvalue weighted by atomic mass is 16.5. The Morgan fingerprint density at radius 1 is 0.973 bits per heavy atom. The van der Waals surface area contributed by atoms with E-state index >= 15 is 0 Å². The number of esters is 1. The zero-order chi connectivity index (χ0) is 52.8. The summed E-state index contributed by atoms with van der Waals surface area (Å²) in [5, 5.41) is 5.81. The zero-order valence-electron chi connectivity index (χ0n) is 45.1. The Morgan fingerprint density at radius 3 is 2.37 bits per heavy atom. The minimum absolute atomic E-state index is 0.213. The summed E-state index contributed by atoms with van der Waals surface area (Å²) in [5.41, 5.74) is 10.4. The van der Waals surface area contributed by atoms with Gasteiger partial charge in [-0.3, -0.25) is 38.9 Å². The van der Waals surface area contributed by atoms with Gasteiger partial charge in [0.25, 0.3) is 11.8 Å². The van der Waals surface area contributed by atoms with Crippen LogP contribution in [0.1, 0.15) is 110 Å². The third-order valence-electron chi connectivity index (χ3n) is 15.3. The number of nitrogens with one attached hydrogen (secondary N) is 2. The van der Waals surface area contributed by atoms with Crippen molar-refractivity contribution < 1.29 is 33.4 Å². The summed E-state index contributed by atoms with van der Waals surface area (Å²) < 4.78 is 13.7. The Labute approximate surface area is 432 Å². The highest BCUT2D eigenvalue weighted by Crippen LogP contribution is 2.42. The molecule has 0 radical (unpaired) electrons. The van der Waals surface area contributed by atoms with Crippen LogP contribution >= 0.6 is 0 Å². The average Bonchev–Trinajstić information content (AvgIpc) is 3.97.